The molecule has 0 saturated heterocycles. The second-order valence-electron chi connectivity index (χ2n) is 6.33. The van der Waals surface area contributed by atoms with E-state index >= 15 is 0 Å². The minimum Gasteiger partial charge on any atom is -0.360 e. The van der Waals surface area contributed by atoms with Crippen molar-refractivity contribution in [2.24, 2.45) is 0 Å². The summed E-state index contributed by atoms with van der Waals surface area (Å²) in [7, 11) is 0. The van der Waals surface area contributed by atoms with E-state index in [9.17, 15) is 9.59 Å². The van der Waals surface area contributed by atoms with Gasteiger partial charge in [0.1, 0.15) is 0 Å². The number of hydrogen-bond acceptors (Lipinski definition) is 4. The highest BCUT2D eigenvalue weighted by Gasteiger charge is 2.22. The van der Waals surface area contributed by atoms with E-state index in [1.807, 2.05) is 56.3 Å². The van der Waals surface area contributed by atoms with Crippen molar-refractivity contribution < 1.29 is 4.79 Å². The molecule has 0 aliphatic heterocycles. The quantitative estimate of drug-likeness (QED) is 0.321. The molecule has 0 aliphatic rings. The first-order valence-electron chi connectivity index (χ1n) is 8.86. The summed E-state index contributed by atoms with van der Waals surface area (Å²) in [5.41, 5.74) is 2.18. The molecular weight excluding hydrogens is 358 g/mol. The average Bonchev–Trinajstić information content (AvgIpc) is 3.12. The number of thioether (sulfide) groups is 1. The molecule has 2 aromatic carbocycles. The molecule has 2 aromatic heterocycles. The lowest BCUT2D eigenvalue weighted by Crippen LogP contribution is -2.24. The molecule has 4 aromatic rings. The van der Waals surface area contributed by atoms with Gasteiger partial charge in [-0.1, -0.05) is 42.1 Å². The van der Waals surface area contributed by atoms with Crippen LogP contribution in [0.25, 0.3) is 21.8 Å². The second kappa shape index (κ2) is 7.04. The number of para-hydroxylation sites is 2. The molecule has 0 spiro atoms. The third-order valence-corrected chi connectivity index (χ3v) is 5.74. The first kappa shape index (κ1) is 17.5. The molecule has 4 rings (SSSR count). The van der Waals surface area contributed by atoms with Crippen molar-refractivity contribution in [1.29, 1.82) is 0 Å². The van der Waals surface area contributed by atoms with Gasteiger partial charge in [0.25, 0.3) is 5.56 Å². The van der Waals surface area contributed by atoms with Gasteiger partial charge in [0, 0.05) is 29.2 Å². The molecule has 6 heteroatoms. The van der Waals surface area contributed by atoms with Gasteiger partial charge in [-0.2, -0.15) is 0 Å². The maximum absolute atomic E-state index is 13.0. The number of aromatic amines is 1. The molecule has 0 radical (unpaired) electrons. The zero-order chi connectivity index (χ0) is 19.0. The van der Waals surface area contributed by atoms with Crippen molar-refractivity contribution in [3.8, 4) is 0 Å². The summed E-state index contributed by atoms with van der Waals surface area (Å²) in [5, 5.41) is 1.71. The van der Waals surface area contributed by atoms with Gasteiger partial charge >= 0.3 is 0 Å². The van der Waals surface area contributed by atoms with Crippen molar-refractivity contribution >= 4 is 39.4 Å². The molecule has 0 bridgehead atoms. The molecule has 1 N–H and O–H groups in total. The lowest BCUT2D eigenvalue weighted by molar-refractivity contribution is 0.0995. The molecule has 1 atom stereocenters. The summed E-state index contributed by atoms with van der Waals surface area (Å²) in [6, 6.07) is 15.0. The van der Waals surface area contributed by atoms with E-state index in [0.29, 0.717) is 28.2 Å². The third-order valence-electron chi connectivity index (χ3n) is 4.65. The molecule has 0 amide bonds. The Bertz CT molecular complexity index is 1210. The molecule has 136 valence electrons. The fraction of sp³-hybridized carbons (Fsp3) is 0.190. The number of carbonyl (C=O) groups excluding carboxylic acids is 1. The summed E-state index contributed by atoms with van der Waals surface area (Å²) < 4.78 is 1.63. The maximum atomic E-state index is 13.0. The number of aromatic nitrogens is 3. The Kier molecular flexibility index (Phi) is 4.58. The summed E-state index contributed by atoms with van der Waals surface area (Å²) in [5.74, 6) is 0.0162. The minimum absolute atomic E-state index is 0.0162. The monoisotopic (exact) mass is 377 g/mol. The van der Waals surface area contributed by atoms with Crippen LogP contribution in [0, 0.1) is 0 Å². The van der Waals surface area contributed by atoms with Crippen molar-refractivity contribution in [2.45, 2.75) is 30.8 Å². The Hall–Kier alpha value is -2.86. The van der Waals surface area contributed by atoms with Crippen LogP contribution in [0.3, 0.4) is 0 Å². The number of carbonyl (C=O) groups is 1. The average molecular weight is 377 g/mol. The molecule has 0 aliphatic carbocycles. The van der Waals surface area contributed by atoms with E-state index in [-0.39, 0.29) is 16.6 Å². The van der Waals surface area contributed by atoms with Gasteiger partial charge in [0.05, 0.1) is 16.2 Å². The van der Waals surface area contributed by atoms with Gasteiger partial charge in [-0.3, -0.25) is 14.2 Å². The van der Waals surface area contributed by atoms with Gasteiger partial charge in [0.2, 0.25) is 0 Å². The number of nitrogens with one attached hydrogen (secondary N) is 1. The van der Waals surface area contributed by atoms with Crippen LogP contribution in [0.1, 0.15) is 24.2 Å². The number of rotatable bonds is 5. The van der Waals surface area contributed by atoms with Crippen molar-refractivity contribution in [3.05, 3.63) is 70.6 Å². The lowest BCUT2D eigenvalue weighted by Gasteiger charge is -2.14. The van der Waals surface area contributed by atoms with Crippen molar-refractivity contribution in [3.63, 3.8) is 0 Å². The molecule has 0 unspecified atom stereocenters. The highest BCUT2D eigenvalue weighted by Crippen LogP contribution is 2.27. The van der Waals surface area contributed by atoms with Crippen LogP contribution in [0.2, 0.25) is 0 Å². The molecular formula is C21H19N3O2S. The molecule has 5 nitrogen and oxygen atoms in total. The smallest absolute Gasteiger partial charge is 0.262 e. The van der Waals surface area contributed by atoms with Gasteiger partial charge in [-0.25, -0.2) is 4.98 Å². The van der Waals surface area contributed by atoms with Crippen LogP contribution < -0.4 is 5.56 Å². The highest BCUT2D eigenvalue weighted by molar-refractivity contribution is 8.00. The van der Waals surface area contributed by atoms with Gasteiger partial charge in [-0.05, 0) is 32.0 Å². The van der Waals surface area contributed by atoms with Crippen molar-refractivity contribution in [1.82, 2.24) is 14.5 Å². The van der Waals surface area contributed by atoms with E-state index < -0.39 is 0 Å². The first-order valence-corrected chi connectivity index (χ1v) is 9.74. The van der Waals surface area contributed by atoms with Crippen LogP contribution >= 0.6 is 11.8 Å². The summed E-state index contributed by atoms with van der Waals surface area (Å²) in [6.07, 6.45) is 1.75. The Morgan fingerprint density at radius 1 is 1.15 bits per heavy atom. The summed E-state index contributed by atoms with van der Waals surface area (Å²) in [4.78, 5) is 33.6. The predicted octanol–water partition coefficient (Wildman–Crippen LogP) is 4.26. The molecule has 0 saturated carbocycles. The zero-order valence-corrected chi connectivity index (χ0v) is 15.9. The number of nitrogens with zero attached hydrogens (tertiary/aromatic N) is 2. The van der Waals surface area contributed by atoms with Gasteiger partial charge in [0.15, 0.2) is 10.9 Å². The standard InChI is InChI=1S/C21H19N3O2S/c1-3-24-20(26)15-9-5-7-11-18(15)23-21(24)27-13(2)19(25)16-12-22-17-10-6-4-8-14(16)17/h4-13,22H,3H2,1-2H3/t13-/m1/s1. The van der Waals surface area contributed by atoms with E-state index in [0.717, 1.165) is 10.9 Å². The van der Waals surface area contributed by atoms with Crippen LogP contribution in [0.5, 0.6) is 0 Å². The maximum Gasteiger partial charge on any atom is 0.262 e. The number of H-pyrrole nitrogens is 1. The first-order chi connectivity index (χ1) is 13.1. The predicted molar refractivity (Wildman–Crippen MR) is 110 cm³/mol. The molecule has 0 fully saturated rings. The summed E-state index contributed by atoms with van der Waals surface area (Å²) >= 11 is 1.33. The Morgan fingerprint density at radius 2 is 1.85 bits per heavy atom. The number of Topliss-reactive ketones (excluding diaryl/α,β-unsaturated/α-hetero) is 1. The number of ketones is 1. The van der Waals surface area contributed by atoms with Crippen LogP contribution in [0.15, 0.2) is 64.7 Å². The van der Waals surface area contributed by atoms with E-state index in [1.165, 1.54) is 11.8 Å². The Balaban J connectivity index is 1.71. The second-order valence-corrected chi connectivity index (χ2v) is 7.64. The lowest BCUT2D eigenvalue weighted by atomic mass is 10.1. The van der Waals surface area contributed by atoms with Crippen LogP contribution in [-0.2, 0) is 6.54 Å². The highest BCUT2D eigenvalue weighted by atomic mass is 32.2. The van der Waals surface area contributed by atoms with Crippen LogP contribution in [0.4, 0.5) is 0 Å². The molecule has 2 heterocycles. The SMILES string of the molecule is CCn1c(S[C@H](C)C(=O)c2c[nH]c3ccccc23)nc2ccccc2c1=O. The topological polar surface area (TPSA) is 67.8 Å². The van der Waals surface area contributed by atoms with E-state index in [2.05, 4.69) is 9.97 Å². The Labute approximate surface area is 160 Å². The summed E-state index contributed by atoms with van der Waals surface area (Å²) in [6.45, 7) is 4.27. The largest absolute Gasteiger partial charge is 0.360 e. The van der Waals surface area contributed by atoms with E-state index in [1.54, 1.807) is 16.8 Å². The fourth-order valence-electron chi connectivity index (χ4n) is 3.22. The fourth-order valence-corrected chi connectivity index (χ4v) is 4.26. The third kappa shape index (κ3) is 3.06. The van der Waals surface area contributed by atoms with E-state index in [4.69, 9.17) is 0 Å². The number of hydrogen-bond donors (Lipinski definition) is 1. The normalized spacial score (nSPS) is 12.5. The number of benzene rings is 2. The van der Waals surface area contributed by atoms with Crippen molar-refractivity contribution in [2.75, 3.05) is 0 Å². The van der Waals surface area contributed by atoms with Gasteiger partial charge in [-0.15, -0.1) is 0 Å². The Morgan fingerprint density at radius 3 is 2.63 bits per heavy atom. The minimum atomic E-state index is -0.366. The zero-order valence-electron chi connectivity index (χ0n) is 15.1. The number of fused-ring (bicyclic) bond motifs is 2. The van der Waals surface area contributed by atoms with Crippen LogP contribution in [-0.4, -0.2) is 25.6 Å². The van der Waals surface area contributed by atoms with Gasteiger partial charge < -0.3 is 4.98 Å². The molecule has 27 heavy (non-hydrogen) atoms.